The Kier molecular flexibility index (Phi) is 4.78. The number of fused-ring (bicyclic) bond motifs is 1. The Morgan fingerprint density at radius 3 is 2.63 bits per heavy atom. The molecule has 0 spiro atoms. The van der Waals surface area contributed by atoms with Crippen molar-refractivity contribution in [3.8, 4) is 5.75 Å². The summed E-state index contributed by atoms with van der Waals surface area (Å²) in [7, 11) is 0. The van der Waals surface area contributed by atoms with Crippen LogP contribution < -0.4 is 10.3 Å². The van der Waals surface area contributed by atoms with E-state index in [4.69, 9.17) is 0 Å². The smallest absolute Gasteiger partial charge is 0.170 e. The Morgan fingerprint density at radius 2 is 1.90 bits per heavy atom. The zero-order valence-corrected chi connectivity index (χ0v) is 17.3. The predicted molar refractivity (Wildman–Crippen MR) is 122 cm³/mol. The van der Waals surface area contributed by atoms with Crippen molar-refractivity contribution in [3.63, 3.8) is 0 Å². The van der Waals surface area contributed by atoms with E-state index in [9.17, 15) is 10.0 Å². The van der Waals surface area contributed by atoms with Crippen molar-refractivity contribution in [1.29, 1.82) is 0 Å². The van der Waals surface area contributed by atoms with Crippen LogP contribution in [0.3, 0.4) is 0 Å². The maximum atomic E-state index is 11.4. The summed E-state index contributed by atoms with van der Waals surface area (Å²) in [4.78, 5) is 13.3. The fourth-order valence-electron chi connectivity index (χ4n) is 3.75. The van der Waals surface area contributed by atoms with E-state index in [1.807, 2.05) is 67.3 Å². The van der Waals surface area contributed by atoms with Gasteiger partial charge in [-0.1, -0.05) is 63.7 Å². The fraction of sp³-hybridized carbons (Fsp3) is 0.208. The van der Waals surface area contributed by atoms with Gasteiger partial charge >= 0.3 is 0 Å². The van der Waals surface area contributed by atoms with Crippen LogP contribution in [0.1, 0.15) is 38.3 Å². The van der Waals surface area contributed by atoms with Gasteiger partial charge in [0.05, 0.1) is 11.3 Å². The number of hydrogen-bond donors (Lipinski definition) is 2. The predicted octanol–water partition coefficient (Wildman–Crippen LogP) is 5.87. The molecular weight excluding hydrogens is 376 g/mol. The number of anilines is 1. The van der Waals surface area contributed by atoms with Crippen LogP contribution in [-0.4, -0.2) is 10.9 Å². The Hall–Kier alpha value is -3.67. The average molecular weight is 400 g/mol. The van der Waals surface area contributed by atoms with Gasteiger partial charge in [-0.25, -0.2) is 0 Å². The van der Waals surface area contributed by atoms with Crippen LogP contribution in [0.5, 0.6) is 5.75 Å². The molecule has 1 aliphatic rings. The molecule has 1 aliphatic heterocycles. The largest absolute Gasteiger partial charge is 0.507 e. The molecule has 0 saturated carbocycles. The first-order valence-electron chi connectivity index (χ1n) is 9.89. The zero-order valence-electron chi connectivity index (χ0n) is 17.3. The van der Waals surface area contributed by atoms with Gasteiger partial charge in [0.15, 0.2) is 5.84 Å². The molecule has 0 unspecified atom stereocenters. The van der Waals surface area contributed by atoms with Crippen molar-refractivity contribution in [2.24, 2.45) is 10.3 Å². The van der Waals surface area contributed by atoms with Gasteiger partial charge in [-0.2, -0.15) is 5.10 Å². The van der Waals surface area contributed by atoms with E-state index in [2.05, 4.69) is 29.2 Å². The third-order valence-corrected chi connectivity index (χ3v) is 5.85. The van der Waals surface area contributed by atoms with Crippen LogP contribution in [0.2, 0.25) is 0 Å². The number of nitrogens with one attached hydrogen (secondary N) is 1. The molecule has 0 saturated heterocycles. The van der Waals surface area contributed by atoms with Crippen LogP contribution in [0, 0.1) is 4.91 Å². The lowest BCUT2D eigenvalue weighted by Gasteiger charge is -2.27. The number of amidine groups is 1. The normalized spacial score (nSPS) is 14.0. The van der Waals surface area contributed by atoms with E-state index < -0.39 is 0 Å². The summed E-state index contributed by atoms with van der Waals surface area (Å²) < 4.78 is 0. The number of nitroso groups, excluding NO2 is 1. The topological polar surface area (TPSA) is 77.3 Å². The van der Waals surface area contributed by atoms with Crippen molar-refractivity contribution in [2.45, 2.75) is 32.6 Å². The molecular formula is C24H24N4O2. The van der Waals surface area contributed by atoms with Crippen molar-refractivity contribution in [1.82, 2.24) is 5.43 Å². The Bertz CT molecular complexity index is 1190. The first-order chi connectivity index (χ1) is 14.4. The van der Waals surface area contributed by atoms with E-state index in [1.54, 1.807) is 0 Å². The molecule has 152 valence electrons. The second-order valence-electron chi connectivity index (χ2n) is 8.04. The molecule has 3 aromatic carbocycles. The van der Waals surface area contributed by atoms with Gasteiger partial charge < -0.3 is 5.11 Å². The molecule has 6 heteroatoms. The maximum Gasteiger partial charge on any atom is 0.170 e. The van der Waals surface area contributed by atoms with Crippen LogP contribution in [-0.2, 0) is 5.41 Å². The molecule has 0 aromatic heterocycles. The molecule has 0 amide bonds. The number of phenolic OH excluding ortho intramolecular Hbond substituents is 1. The average Bonchev–Trinajstić information content (AvgIpc) is 3.13. The van der Waals surface area contributed by atoms with Gasteiger partial charge in [-0.3, -0.25) is 10.3 Å². The van der Waals surface area contributed by atoms with Gasteiger partial charge in [-0.05, 0) is 40.1 Å². The van der Waals surface area contributed by atoms with Crippen molar-refractivity contribution in [3.05, 3.63) is 83.0 Å². The van der Waals surface area contributed by atoms with E-state index in [0.717, 1.165) is 28.4 Å². The van der Waals surface area contributed by atoms with Crippen LogP contribution in [0.15, 0.2) is 77.3 Å². The summed E-state index contributed by atoms with van der Waals surface area (Å²) in [6.07, 6.45) is 0.810. The SMILES string of the molecule is C=C1NN=C(c2cc(C(C)(C)CC)c(N=O)cc2O)N1c1cccc2ccccc12. The molecule has 0 aliphatic carbocycles. The second-order valence-corrected chi connectivity index (χ2v) is 8.04. The summed E-state index contributed by atoms with van der Waals surface area (Å²) in [5, 5.41) is 20.5. The summed E-state index contributed by atoms with van der Waals surface area (Å²) in [6.45, 7) is 10.3. The Balaban J connectivity index is 1.91. The first kappa shape index (κ1) is 19.6. The minimum Gasteiger partial charge on any atom is -0.507 e. The van der Waals surface area contributed by atoms with E-state index in [0.29, 0.717) is 17.2 Å². The molecule has 0 bridgehead atoms. The van der Waals surface area contributed by atoms with E-state index in [1.165, 1.54) is 6.07 Å². The number of aromatic hydroxyl groups is 1. The van der Waals surface area contributed by atoms with Crippen molar-refractivity contribution >= 4 is 28.0 Å². The number of phenols is 1. The number of hydrazone groups is 1. The highest BCUT2D eigenvalue weighted by Crippen LogP contribution is 2.40. The maximum absolute atomic E-state index is 11.4. The van der Waals surface area contributed by atoms with Crippen molar-refractivity contribution in [2.75, 3.05) is 4.90 Å². The highest BCUT2D eigenvalue weighted by Gasteiger charge is 2.31. The molecule has 30 heavy (non-hydrogen) atoms. The Labute approximate surface area is 175 Å². The monoisotopic (exact) mass is 400 g/mol. The summed E-state index contributed by atoms with van der Waals surface area (Å²) in [5.74, 6) is 1.04. The van der Waals surface area contributed by atoms with Gasteiger partial charge in [0.2, 0.25) is 0 Å². The second kappa shape index (κ2) is 7.30. The van der Waals surface area contributed by atoms with Gasteiger partial charge in [-0.15, -0.1) is 4.91 Å². The third kappa shape index (κ3) is 3.10. The van der Waals surface area contributed by atoms with E-state index in [-0.39, 0.29) is 16.9 Å². The zero-order chi connectivity index (χ0) is 21.5. The number of hydrogen-bond acceptors (Lipinski definition) is 6. The Morgan fingerprint density at radius 1 is 1.17 bits per heavy atom. The van der Waals surface area contributed by atoms with E-state index >= 15 is 0 Å². The fourth-order valence-corrected chi connectivity index (χ4v) is 3.75. The highest BCUT2D eigenvalue weighted by atomic mass is 16.3. The lowest BCUT2D eigenvalue weighted by molar-refractivity contribution is 0.470. The summed E-state index contributed by atoms with van der Waals surface area (Å²) in [6, 6.07) is 17.3. The number of benzene rings is 3. The van der Waals surface area contributed by atoms with Crippen LogP contribution >= 0.6 is 0 Å². The minimum atomic E-state index is -0.292. The molecule has 1 heterocycles. The van der Waals surface area contributed by atoms with Crippen molar-refractivity contribution < 1.29 is 5.11 Å². The number of rotatable bonds is 5. The molecule has 6 nitrogen and oxygen atoms in total. The van der Waals surface area contributed by atoms with Crippen LogP contribution in [0.4, 0.5) is 11.4 Å². The molecule has 0 radical (unpaired) electrons. The molecule has 0 atom stereocenters. The lowest BCUT2D eigenvalue weighted by Crippen LogP contribution is -2.28. The highest BCUT2D eigenvalue weighted by molar-refractivity contribution is 6.17. The van der Waals surface area contributed by atoms with Crippen LogP contribution in [0.25, 0.3) is 10.8 Å². The molecule has 4 rings (SSSR count). The molecule has 2 N–H and O–H groups in total. The van der Waals surface area contributed by atoms with Gasteiger partial charge in [0, 0.05) is 11.5 Å². The summed E-state index contributed by atoms with van der Waals surface area (Å²) >= 11 is 0. The molecule has 0 fully saturated rings. The van der Waals surface area contributed by atoms with Gasteiger partial charge in [0.25, 0.3) is 0 Å². The minimum absolute atomic E-state index is 0.0549. The summed E-state index contributed by atoms with van der Waals surface area (Å²) in [5.41, 5.74) is 5.06. The first-order valence-corrected chi connectivity index (χ1v) is 9.89. The lowest BCUT2D eigenvalue weighted by atomic mass is 9.80. The third-order valence-electron chi connectivity index (χ3n) is 5.85. The molecule has 3 aromatic rings. The quantitative estimate of drug-likeness (QED) is 0.525. The number of nitrogens with zero attached hydrogens (tertiary/aromatic N) is 3. The standard InChI is InChI=1S/C24H24N4O2/c1-5-24(3,4)19-13-18(22(29)14-20(19)27-30)23-26-25-15(2)28(23)21-12-8-10-16-9-6-7-11-17(16)21/h6-14,25,29H,2,5H2,1,3-4H3. The van der Waals surface area contributed by atoms with Gasteiger partial charge in [0.1, 0.15) is 17.3 Å².